The Bertz CT molecular complexity index is 313. The van der Waals surface area contributed by atoms with Crippen molar-refractivity contribution in [1.82, 2.24) is 5.32 Å². The summed E-state index contributed by atoms with van der Waals surface area (Å²) in [6.07, 6.45) is 11.4. The number of hydrogen-bond acceptors (Lipinski definition) is 3. The van der Waals surface area contributed by atoms with E-state index < -0.39 is 11.9 Å². The molecule has 0 aromatic heterocycles. The van der Waals surface area contributed by atoms with Gasteiger partial charge in [-0.2, -0.15) is 0 Å². The van der Waals surface area contributed by atoms with Gasteiger partial charge in [-0.3, -0.25) is 14.4 Å². The average molecular weight is 341 g/mol. The fourth-order valence-electron chi connectivity index (χ4n) is 1.86. The number of carboxylic acid groups (broad SMARTS) is 2. The first-order valence-electron chi connectivity index (χ1n) is 8.08. The molecule has 0 fully saturated rings. The molecule has 0 aliphatic carbocycles. The fourth-order valence-corrected chi connectivity index (χ4v) is 1.86. The van der Waals surface area contributed by atoms with Crippen LogP contribution in [0.4, 0.5) is 0 Å². The van der Waals surface area contributed by atoms with Crippen molar-refractivity contribution in [2.75, 3.05) is 6.54 Å². The van der Waals surface area contributed by atoms with Crippen LogP contribution in [0.25, 0.3) is 0 Å². The molecule has 0 aliphatic rings. The Morgan fingerprint density at radius 3 is 1.65 bits per heavy atom. The third-order valence-corrected chi connectivity index (χ3v) is 2.94. The van der Waals surface area contributed by atoms with Crippen LogP contribution in [0, 0.1) is 0 Å². The van der Waals surface area contributed by atoms with Crippen LogP contribution in [0.1, 0.15) is 79.5 Å². The molecular weight excluding hydrogens is 309 g/mol. The quantitative estimate of drug-likeness (QED) is 0.350. The zero-order chi connectivity index (χ0) is 17.2. The van der Waals surface area contributed by atoms with Gasteiger partial charge in [-0.1, -0.05) is 58.3 Å². The van der Waals surface area contributed by atoms with Crippen molar-refractivity contribution in [3.8, 4) is 0 Å². The second-order valence-electron chi connectivity index (χ2n) is 5.27. The molecule has 0 saturated heterocycles. The zero-order valence-corrected chi connectivity index (χ0v) is 16.9. The minimum absolute atomic E-state index is 0. The molecule has 0 saturated carbocycles. The van der Waals surface area contributed by atoms with Gasteiger partial charge in [0.25, 0.3) is 5.97 Å². The number of amides is 1. The molecule has 3 N–H and O–H groups in total. The smallest absolute Gasteiger partial charge is 1.00 e. The maximum absolute atomic E-state index is 11.2. The Hall–Kier alpha value is -0.590. The monoisotopic (exact) mass is 341 g/mol. The minimum atomic E-state index is -0.990. The predicted octanol–water partition coefficient (Wildman–Crippen LogP) is 0.316. The number of rotatable bonds is 12. The Kier molecular flexibility index (Phi) is 25.4. The maximum atomic E-state index is 11.2. The second-order valence-corrected chi connectivity index (χ2v) is 5.27. The number of unbranched alkanes of at least 4 members (excludes halogenated alkanes) is 8. The summed E-state index contributed by atoms with van der Waals surface area (Å²) in [6.45, 7) is 3.03. The van der Waals surface area contributed by atoms with Gasteiger partial charge in [0.05, 0.1) is 0 Å². The largest absolute Gasteiger partial charge is 1.00 e. The third kappa shape index (κ3) is 34.0. The first-order valence-corrected chi connectivity index (χ1v) is 8.08. The van der Waals surface area contributed by atoms with Crippen molar-refractivity contribution in [1.29, 1.82) is 0 Å². The van der Waals surface area contributed by atoms with E-state index in [0.29, 0.717) is 6.42 Å². The summed E-state index contributed by atoms with van der Waals surface area (Å²) in [4.78, 5) is 30.4. The van der Waals surface area contributed by atoms with Crippen LogP contribution in [-0.2, 0) is 14.4 Å². The molecule has 1 amide bonds. The standard InChI is InChI=1S/C14H27NO3.C2H4O2.Na.H/c1-2-3-4-5-6-7-8-9-10-11-13(16)15-12-14(17)18;1-2(3)4;;/h2-12H2,1H3,(H,15,16)(H,17,18);1H3,(H,3,4);;/q;;+1;-1. The van der Waals surface area contributed by atoms with Crippen LogP contribution in [0.3, 0.4) is 0 Å². The van der Waals surface area contributed by atoms with Crippen molar-refractivity contribution < 1.29 is 55.6 Å². The minimum Gasteiger partial charge on any atom is -1.00 e. The number of carboxylic acids is 2. The topological polar surface area (TPSA) is 104 Å². The van der Waals surface area contributed by atoms with Gasteiger partial charge in [0.2, 0.25) is 5.91 Å². The first-order chi connectivity index (χ1) is 10.4. The van der Waals surface area contributed by atoms with Gasteiger partial charge >= 0.3 is 35.5 Å². The maximum Gasteiger partial charge on any atom is 1.00 e. The molecule has 0 radical (unpaired) electrons. The van der Waals surface area contributed by atoms with Crippen molar-refractivity contribution in [2.24, 2.45) is 0 Å². The summed E-state index contributed by atoms with van der Waals surface area (Å²) in [5.41, 5.74) is 0. The van der Waals surface area contributed by atoms with E-state index in [1.165, 1.54) is 44.9 Å². The van der Waals surface area contributed by atoms with Crippen LogP contribution in [0.15, 0.2) is 0 Å². The van der Waals surface area contributed by atoms with E-state index in [-0.39, 0.29) is 43.4 Å². The Balaban J connectivity index is -0.000000298. The summed E-state index contributed by atoms with van der Waals surface area (Å²) < 4.78 is 0. The number of carbonyl (C=O) groups excluding carboxylic acids is 1. The molecule has 0 atom stereocenters. The van der Waals surface area contributed by atoms with E-state index in [4.69, 9.17) is 15.0 Å². The number of aliphatic carboxylic acids is 2. The van der Waals surface area contributed by atoms with Gasteiger partial charge in [-0.15, -0.1) is 0 Å². The second kappa shape index (κ2) is 21.4. The Morgan fingerprint density at radius 2 is 1.26 bits per heavy atom. The molecule has 0 aromatic rings. The van der Waals surface area contributed by atoms with Gasteiger partial charge in [-0.25, -0.2) is 0 Å². The first kappa shape index (κ1) is 27.3. The molecule has 0 spiro atoms. The summed E-state index contributed by atoms with van der Waals surface area (Å²) in [5, 5.41) is 18.2. The van der Waals surface area contributed by atoms with E-state index >= 15 is 0 Å². The van der Waals surface area contributed by atoms with Gasteiger partial charge in [-0.05, 0) is 6.42 Å². The normalized spacial score (nSPS) is 9.13. The van der Waals surface area contributed by atoms with Crippen LogP contribution in [0.5, 0.6) is 0 Å². The SMILES string of the molecule is CC(=O)O.CCCCCCCCCCCC(=O)NCC(=O)O.[H-].[Na+]. The fraction of sp³-hybridized carbons (Fsp3) is 0.812. The molecular formula is C16H32NNaO5. The van der Waals surface area contributed by atoms with E-state index in [9.17, 15) is 9.59 Å². The molecule has 0 bridgehead atoms. The summed E-state index contributed by atoms with van der Waals surface area (Å²) in [6, 6.07) is 0. The van der Waals surface area contributed by atoms with Crippen LogP contribution >= 0.6 is 0 Å². The van der Waals surface area contributed by atoms with E-state index in [1.807, 2.05) is 0 Å². The van der Waals surface area contributed by atoms with Crippen molar-refractivity contribution >= 4 is 17.8 Å². The van der Waals surface area contributed by atoms with E-state index in [0.717, 1.165) is 19.8 Å². The average Bonchev–Trinajstić information content (AvgIpc) is 2.42. The molecule has 0 unspecified atom stereocenters. The van der Waals surface area contributed by atoms with Gasteiger partial charge < -0.3 is 17.0 Å². The molecule has 23 heavy (non-hydrogen) atoms. The van der Waals surface area contributed by atoms with Crippen LogP contribution < -0.4 is 34.9 Å². The molecule has 132 valence electrons. The third-order valence-electron chi connectivity index (χ3n) is 2.94. The molecule has 0 rings (SSSR count). The predicted molar refractivity (Wildman–Crippen MR) is 86.9 cm³/mol. The van der Waals surface area contributed by atoms with Crippen LogP contribution in [-0.4, -0.2) is 34.6 Å². The van der Waals surface area contributed by atoms with Gasteiger partial charge in [0.1, 0.15) is 6.54 Å². The molecule has 7 heteroatoms. The number of carbonyl (C=O) groups is 3. The van der Waals surface area contributed by atoms with Crippen LogP contribution in [0.2, 0.25) is 0 Å². The molecule has 0 aliphatic heterocycles. The number of hydrogen-bond donors (Lipinski definition) is 3. The van der Waals surface area contributed by atoms with Gasteiger partial charge in [0, 0.05) is 13.3 Å². The molecule has 0 heterocycles. The van der Waals surface area contributed by atoms with E-state index in [1.54, 1.807) is 0 Å². The van der Waals surface area contributed by atoms with E-state index in [2.05, 4.69) is 12.2 Å². The zero-order valence-electron chi connectivity index (χ0n) is 15.9. The Labute approximate surface area is 163 Å². The molecule has 0 aromatic carbocycles. The van der Waals surface area contributed by atoms with Crippen molar-refractivity contribution in [2.45, 2.75) is 78.1 Å². The van der Waals surface area contributed by atoms with Crippen molar-refractivity contribution in [3.63, 3.8) is 0 Å². The Morgan fingerprint density at radius 1 is 0.870 bits per heavy atom. The molecule has 6 nitrogen and oxygen atoms in total. The number of nitrogens with one attached hydrogen (secondary N) is 1. The summed E-state index contributed by atoms with van der Waals surface area (Å²) in [7, 11) is 0. The van der Waals surface area contributed by atoms with Gasteiger partial charge in [0.15, 0.2) is 0 Å². The summed E-state index contributed by atoms with van der Waals surface area (Å²) in [5.74, 6) is -1.98. The van der Waals surface area contributed by atoms with Crippen molar-refractivity contribution in [3.05, 3.63) is 0 Å². The summed E-state index contributed by atoms with van der Waals surface area (Å²) >= 11 is 0.